The smallest absolute Gasteiger partial charge is 0.0130 e. The van der Waals surface area contributed by atoms with E-state index in [1.165, 1.54) is 20.3 Å². The molecule has 0 radical (unpaired) electrons. The van der Waals surface area contributed by atoms with Crippen molar-refractivity contribution in [3.05, 3.63) is 69.3 Å². The molecule has 2 rings (SSSR count). The Balaban J connectivity index is 2.33. The second-order valence-corrected chi connectivity index (χ2v) is 5.19. The summed E-state index contributed by atoms with van der Waals surface area (Å²) in [6.07, 6.45) is 3.32. The van der Waals surface area contributed by atoms with Crippen molar-refractivity contribution in [3.8, 4) is 0 Å². The zero-order valence-corrected chi connectivity index (χ0v) is 12.0. The van der Waals surface area contributed by atoms with Crippen LogP contribution in [-0.2, 0) is 0 Å². The molecule has 0 heterocycles. The van der Waals surface area contributed by atoms with E-state index in [1.54, 1.807) is 0 Å². The highest BCUT2D eigenvalue weighted by Crippen LogP contribution is 2.21. The number of hydrogen-bond donors (Lipinski definition) is 0. The average molecular weight is 334 g/mol. The molecule has 0 saturated carbocycles. The van der Waals surface area contributed by atoms with Gasteiger partial charge in [-0.1, -0.05) is 55.5 Å². The SMILES string of the molecule is CC/C(=C\c1ccc(I)cc1)c1ccccc1. The molecule has 2 aromatic rings. The third-order valence-corrected chi connectivity index (χ3v) is 3.46. The zero-order valence-electron chi connectivity index (χ0n) is 9.86. The molecule has 0 N–H and O–H groups in total. The fourth-order valence-corrected chi connectivity index (χ4v) is 2.16. The van der Waals surface area contributed by atoms with Crippen molar-refractivity contribution in [3.63, 3.8) is 0 Å². The molecule has 0 aliphatic heterocycles. The Kier molecular flexibility index (Phi) is 4.37. The summed E-state index contributed by atoms with van der Waals surface area (Å²) in [5.41, 5.74) is 3.96. The van der Waals surface area contributed by atoms with E-state index < -0.39 is 0 Å². The van der Waals surface area contributed by atoms with Crippen LogP contribution < -0.4 is 0 Å². The third-order valence-electron chi connectivity index (χ3n) is 2.74. The van der Waals surface area contributed by atoms with Crippen LogP contribution in [0.3, 0.4) is 0 Å². The van der Waals surface area contributed by atoms with Gasteiger partial charge in [0.1, 0.15) is 0 Å². The van der Waals surface area contributed by atoms with Crippen molar-refractivity contribution >= 4 is 34.2 Å². The molecule has 17 heavy (non-hydrogen) atoms. The molecule has 0 nitrogen and oxygen atoms in total. The number of rotatable bonds is 3. The number of allylic oxidation sites excluding steroid dienone is 1. The van der Waals surface area contributed by atoms with Crippen molar-refractivity contribution < 1.29 is 0 Å². The van der Waals surface area contributed by atoms with Crippen LogP contribution >= 0.6 is 22.6 Å². The minimum absolute atomic E-state index is 1.05. The molecular formula is C16H15I. The topological polar surface area (TPSA) is 0 Å². The van der Waals surface area contributed by atoms with Gasteiger partial charge in [0.05, 0.1) is 0 Å². The third kappa shape index (κ3) is 3.43. The van der Waals surface area contributed by atoms with Crippen LogP contribution in [0.15, 0.2) is 54.6 Å². The van der Waals surface area contributed by atoms with Gasteiger partial charge in [0, 0.05) is 3.57 Å². The first-order valence-corrected chi connectivity index (χ1v) is 6.89. The Morgan fingerprint density at radius 2 is 1.65 bits per heavy atom. The van der Waals surface area contributed by atoms with Gasteiger partial charge in [0.2, 0.25) is 0 Å². The van der Waals surface area contributed by atoms with Gasteiger partial charge in [-0.3, -0.25) is 0 Å². The summed E-state index contributed by atoms with van der Waals surface area (Å²) < 4.78 is 1.28. The number of halogens is 1. The first kappa shape index (κ1) is 12.4. The van der Waals surface area contributed by atoms with E-state index in [2.05, 4.69) is 90.2 Å². The molecule has 0 unspecified atom stereocenters. The lowest BCUT2D eigenvalue weighted by molar-refractivity contribution is 1.25. The Labute approximate surface area is 117 Å². The molecule has 2 aromatic carbocycles. The van der Waals surface area contributed by atoms with Gasteiger partial charge < -0.3 is 0 Å². The first-order valence-electron chi connectivity index (χ1n) is 5.81. The lowest BCUT2D eigenvalue weighted by atomic mass is 10.0. The fourth-order valence-electron chi connectivity index (χ4n) is 1.80. The van der Waals surface area contributed by atoms with Gasteiger partial charge in [-0.05, 0) is 57.8 Å². The lowest BCUT2D eigenvalue weighted by Gasteiger charge is -2.05. The summed E-state index contributed by atoms with van der Waals surface area (Å²) >= 11 is 2.33. The standard InChI is InChI=1S/C16H15I/c1-2-14(15-6-4-3-5-7-15)12-13-8-10-16(17)11-9-13/h3-12H,2H2,1H3/b14-12+. The van der Waals surface area contributed by atoms with Crippen molar-refractivity contribution in [1.82, 2.24) is 0 Å². The minimum atomic E-state index is 1.05. The van der Waals surface area contributed by atoms with Crippen LogP contribution in [0, 0.1) is 3.57 Å². The molecule has 1 heteroatoms. The largest absolute Gasteiger partial charge is 0.0622 e. The fraction of sp³-hybridized carbons (Fsp3) is 0.125. The van der Waals surface area contributed by atoms with E-state index in [-0.39, 0.29) is 0 Å². The van der Waals surface area contributed by atoms with E-state index in [1.807, 2.05) is 0 Å². The normalized spacial score (nSPS) is 11.5. The zero-order chi connectivity index (χ0) is 12.1. The maximum atomic E-state index is 2.33. The Morgan fingerprint density at radius 1 is 1.00 bits per heavy atom. The van der Waals surface area contributed by atoms with Crippen molar-refractivity contribution in [2.75, 3.05) is 0 Å². The lowest BCUT2D eigenvalue weighted by Crippen LogP contribution is -1.83. The molecular weight excluding hydrogens is 319 g/mol. The molecule has 0 atom stereocenters. The van der Waals surface area contributed by atoms with Crippen LogP contribution in [0.5, 0.6) is 0 Å². The molecule has 0 saturated heterocycles. The van der Waals surface area contributed by atoms with E-state index in [4.69, 9.17) is 0 Å². The van der Waals surface area contributed by atoms with Crippen LogP contribution in [0.25, 0.3) is 11.6 Å². The van der Waals surface area contributed by atoms with Gasteiger partial charge >= 0.3 is 0 Å². The minimum Gasteiger partial charge on any atom is -0.0622 e. The van der Waals surface area contributed by atoms with Crippen LogP contribution in [0.4, 0.5) is 0 Å². The number of benzene rings is 2. The Morgan fingerprint density at radius 3 is 2.24 bits per heavy atom. The maximum absolute atomic E-state index is 2.33. The summed E-state index contributed by atoms with van der Waals surface area (Å²) in [6, 6.07) is 19.2. The van der Waals surface area contributed by atoms with Gasteiger partial charge in [-0.2, -0.15) is 0 Å². The van der Waals surface area contributed by atoms with Gasteiger partial charge in [0.25, 0.3) is 0 Å². The molecule has 86 valence electrons. The average Bonchev–Trinajstić information content (AvgIpc) is 2.39. The van der Waals surface area contributed by atoms with Crippen LogP contribution in [0.1, 0.15) is 24.5 Å². The van der Waals surface area contributed by atoms with E-state index in [0.29, 0.717) is 0 Å². The summed E-state index contributed by atoms with van der Waals surface area (Å²) in [5.74, 6) is 0. The highest BCUT2D eigenvalue weighted by Gasteiger charge is 1.98. The van der Waals surface area contributed by atoms with Crippen molar-refractivity contribution in [2.24, 2.45) is 0 Å². The van der Waals surface area contributed by atoms with Gasteiger partial charge in [0.15, 0.2) is 0 Å². The molecule has 0 spiro atoms. The van der Waals surface area contributed by atoms with Crippen molar-refractivity contribution in [2.45, 2.75) is 13.3 Å². The second kappa shape index (κ2) is 6.01. The molecule has 0 bridgehead atoms. The van der Waals surface area contributed by atoms with Gasteiger partial charge in [-0.25, -0.2) is 0 Å². The second-order valence-electron chi connectivity index (χ2n) is 3.94. The Hall–Kier alpha value is -1.09. The number of hydrogen-bond acceptors (Lipinski definition) is 0. The maximum Gasteiger partial charge on any atom is 0.0130 e. The summed E-state index contributed by atoms with van der Waals surface area (Å²) in [6.45, 7) is 2.20. The van der Waals surface area contributed by atoms with Gasteiger partial charge in [-0.15, -0.1) is 0 Å². The van der Waals surface area contributed by atoms with E-state index in [9.17, 15) is 0 Å². The highest BCUT2D eigenvalue weighted by atomic mass is 127. The molecule has 0 aromatic heterocycles. The molecule has 0 aliphatic rings. The van der Waals surface area contributed by atoms with E-state index in [0.717, 1.165) is 6.42 Å². The predicted octanol–water partition coefficient (Wildman–Crippen LogP) is 5.24. The highest BCUT2D eigenvalue weighted by molar-refractivity contribution is 14.1. The van der Waals surface area contributed by atoms with Crippen LogP contribution in [0.2, 0.25) is 0 Å². The summed E-state index contributed by atoms with van der Waals surface area (Å²) in [5, 5.41) is 0. The Bertz CT molecular complexity index is 495. The predicted molar refractivity (Wildman–Crippen MR) is 83.8 cm³/mol. The van der Waals surface area contributed by atoms with E-state index >= 15 is 0 Å². The first-order chi connectivity index (χ1) is 8.29. The summed E-state index contributed by atoms with van der Waals surface area (Å²) in [7, 11) is 0. The monoisotopic (exact) mass is 334 g/mol. The van der Waals surface area contributed by atoms with Crippen LogP contribution in [-0.4, -0.2) is 0 Å². The summed E-state index contributed by atoms with van der Waals surface area (Å²) in [4.78, 5) is 0. The molecule has 0 aliphatic carbocycles. The quantitative estimate of drug-likeness (QED) is 0.532. The molecule has 0 fully saturated rings. The molecule has 0 amide bonds. The van der Waals surface area contributed by atoms with Crippen molar-refractivity contribution in [1.29, 1.82) is 0 Å².